The second kappa shape index (κ2) is 5.89. The topological polar surface area (TPSA) is 12.0 Å². The first-order chi connectivity index (χ1) is 9.69. The van der Waals surface area contributed by atoms with Crippen LogP contribution in [0.5, 0.6) is 0 Å². The summed E-state index contributed by atoms with van der Waals surface area (Å²) in [4.78, 5) is 0. The fraction of sp³-hybridized carbons (Fsp3) is 0.684. The lowest BCUT2D eigenvalue weighted by atomic mass is 9.75. The van der Waals surface area contributed by atoms with Crippen molar-refractivity contribution in [2.45, 2.75) is 77.8 Å². The highest BCUT2D eigenvalue weighted by Gasteiger charge is 2.32. The zero-order valence-electron chi connectivity index (χ0n) is 13.3. The second-order valence-electron chi connectivity index (χ2n) is 7.00. The molecule has 1 N–H and O–H groups in total. The molecule has 0 spiro atoms. The Bertz CT molecular complexity index is 471. The van der Waals surface area contributed by atoms with E-state index in [-0.39, 0.29) is 0 Å². The standard InChI is InChI=1S/C19H29N/c1-4-16-12-17-14(3)10-13(2)11-18(17)19(20-16)15-8-6-5-7-9-15/h10-11,15-16,19-20H,4-9,12H2,1-3H3. The number of hydrogen-bond donors (Lipinski definition) is 1. The Morgan fingerprint density at radius 2 is 1.85 bits per heavy atom. The lowest BCUT2D eigenvalue weighted by Gasteiger charge is -2.40. The molecule has 3 rings (SSSR count). The molecule has 1 saturated carbocycles. The Morgan fingerprint density at radius 1 is 1.10 bits per heavy atom. The molecule has 20 heavy (non-hydrogen) atoms. The van der Waals surface area contributed by atoms with Crippen LogP contribution in [0.2, 0.25) is 0 Å². The summed E-state index contributed by atoms with van der Waals surface area (Å²) in [7, 11) is 0. The van der Waals surface area contributed by atoms with Crippen molar-refractivity contribution in [1.82, 2.24) is 5.32 Å². The number of hydrogen-bond acceptors (Lipinski definition) is 1. The number of rotatable bonds is 2. The lowest BCUT2D eigenvalue weighted by Crippen LogP contribution is -2.43. The van der Waals surface area contributed by atoms with Crippen LogP contribution in [0.1, 0.15) is 73.7 Å². The van der Waals surface area contributed by atoms with Crippen molar-refractivity contribution in [3.8, 4) is 0 Å². The van der Waals surface area contributed by atoms with Gasteiger partial charge in [-0.15, -0.1) is 0 Å². The molecule has 0 saturated heterocycles. The van der Waals surface area contributed by atoms with E-state index in [1.165, 1.54) is 56.1 Å². The molecule has 1 heteroatoms. The SMILES string of the molecule is CCC1Cc2c(C)cc(C)cc2C(C2CCCCC2)N1. The molecule has 1 aliphatic carbocycles. The molecule has 1 aromatic rings. The minimum atomic E-state index is 0.614. The molecule has 0 radical (unpaired) electrons. The summed E-state index contributed by atoms with van der Waals surface area (Å²) in [5.74, 6) is 0.859. The van der Waals surface area contributed by atoms with Crippen LogP contribution in [0.3, 0.4) is 0 Å². The van der Waals surface area contributed by atoms with Crippen LogP contribution in [0.4, 0.5) is 0 Å². The Balaban J connectivity index is 1.97. The molecule has 110 valence electrons. The van der Waals surface area contributed by atoms with Crippen molar-refractivity contribution in [3.63, 3.8) is 0 Å². The zero-order valence-corrected chi connectivity index (χ0v) is 13.3. The third-order valence-corrected chi connectivity index (χ3v) is 5.47. The predicted molar refractivity (Wildman–Crippen MR) is 86.2 cm³/mol. The summed E-state index contributed by atoms with van der Waals surface area (Å²) >= 11 is 0. The number of nitrogens with one attached hydrogen (secondary N) is 1. The summed E-state index contributed by atoms with van der Waals surface area (Å²) in [6, 6.07) is 6.12. The van der Waals surface area contributed by atoms with Crippen LogP contribution in [0.25, 0.3) is 0 Å². The van der Waals surface area contributed by atoms with E-state index in [0.29, 0.717) is 12.1 Å². The summed E-state index contributed by atoms with van der Waals surface area (Å²) in [5, 5.41) is 3.98. The van der Waals surface area contributed by atoms with Crippen LogP contribution in [-0.4, -0.2) is 6.04 Å². The normalized spacial score (nSPS) is 27.4. The Morgan fingerprint density at radius 3 is 2.55 bits per heavy atom. The molecule has 1 aliphatic heterocycles. The third kappa shape index (κ3) is 2.65. The predicted octanol–water partition coefficient (Wildman–Crippen LogP) is 4.85. The van der Waals surface area contributed by atoms with Gasteiger partial charge in [-0.1, -0.05) is 43.9 Å². The molecular formula is C19H29N. The molecule has 2 atom stereocenters. The van der Waals surface area contributed by atoms with Crippen molar-refractivity contribution >= 4 is 0 Å². The Hall–Kier alpha value is -0.820. The van der Waals surface area contributed by atoms with Gasteiger partial charge in [-0.3, -0.25) is 0 Å². The van der Waals surface area contributed by atoms with E-state index < -0.39 is 0 Å². The van der Waals surface area contributed by atoms with Crippen LogP contribution < -0.4 is 5.32 Å². The monoisotopic (exact) mass is 271 g/mol. The van der Waals surface area contributed by atoms with Gasteiger partial charge in [0.15, 0.2) is 0 Å². The van der Waals surface area contributed by atoms with Crippen molar-refractivity contribution in [2.75, 3.05) is 0 Å². The van der Waals surface area contributed by atoms with Gasteiger partial charge < -0.3 is 5.32 Å². The van der Waals surface area contributed by atoms with E-state index in [4.69, 9.17) is 0 Å². The average molecular weight is 271 g/mol. The zero-order chi connectivity index (χ0) is 14.1. The van der Waals surface area contributed by atoms with E-state index >= 15 is 0 Å². The summed E-state index contributed by atoms with van der Waals surface area (Å²) in [6.07, 6.45) is 9.61. The van der Waals surface area contributed by atoms with Crippen LogP contribution in [0, 0.1) is 19.8 Å². The molecule has 1 aromatic carbocycles. The Labute approximate surface area is 124 Å². The maximum absolute atomic E-state index is 3.98. The van der Waals surface area contributed by atoms with Gasteiger partial charge in [-0.05, 0) is 62.1 Å². The van der Waals surface area contributed by atoms with E-state index in [1.54, 1.807) is 11.1 Å². The van der Waals surface area contributed by atoms with Gasteiger partial charge in [0.25, 0.3) is 0 Å². The van der Waals surface area contributed by atoms with Gasteiger partial charge in [-0.25, -0.2) is 0 Å². The highest BCUT2D eigenvalue weighted by Crippen LogP contribution is 2.40. The highest BCUT2D eigenvalue weighted by molar-refractivity contribution is 5.42. The first kappa shape index (κ1) is 14.1. The summed E-state index contributed by atoms with van der Waals surface area (Å²) in [5.41, 5.74) is 6.22. The fourth-order valence-electron chi connectivity index (χ4n) is 4.36. The van der Waals surface area contributed by atoms with E-state index in [1.807, 2.05) is 0 Å². The maximum atomic E-state index is 3.98. The summed E-state index contributed by atoms with van der Waals surface area (Å²) < 4.78 is 0. The second-order valence-corrected chi connectivity index (χ2v) is 7.00. The molecule has 0 bridgehead atoms. The van der Waals surface area contributed by atoms with E-state index in [2.05, 4.69) is 38.2 Å². The first-order valence-corrected chi connectivity index (χ1v) is 8.55. The Kier molecular flexibility index (Phi) is 4.16. The lowest BCUT2D eigenvalue weighted by molar-refractivity contribution is 0.238. The fourth-order valence-corrected chi connectivity index (χ4v) is 4.36. The smallest absolute Gasteiger partial charge is 0.0354 e. The van der Waals surface area contributed by atoms with Crippen LogP contribution in [0.15, 0.2) is 12.1 Å². The highest BCUT2D eigenvalue weighted by atomic mass is 15.0. The maximum Gasteiger partial charge on any atom is 0.0354 e. The molecule has 1 fully saturated rings. The van der Waals surface area contributed by atoms with Gasteiger partial charge >= 0.3 is 0 Å². The van der Waals surface area contributed by atoms with Gasteiger partial charge in [0, 0.05) is 12.1 Å². The summed E-state index contributed by atoms with van der Waals surface area (Å²) in [6.45, 7) is 6.88. The van der Waals surface area contributed by atoms with E-state index in [0.717, 1.165) is 5.92 Å². The average Bonchev–Trinajstić information content (AvgIpc) is 2.47. The van der Waals surface area contributed by atoms with Gasteiger partial charge in [0.1, 0.15) is 0 Å². The number of aryl methyl sites for hydroxylation is 2. The van der Waals surface area contributed by atoms with Crippen molar-refractivity contribution in [3.05, 3.63) is 34.4 Å². The minimum Gasteiger partial charge on any atom is -0.307 e. The van der Waals surface area contributed by atoms with Gasteiger partial charge in [0.05, 0.1) is 0 Å². The van der Waals surface area contributed by atoms with Gasteiger partial charge in [-0.2, -0.15) is 0 Å². The van der Waals surface area contributed by atoms with Crippen molar-refractivity contribution in [1.29, 1.82) is 0 Å². The van der Waals surface area contributed by atoms with Crippen molar-refractivity contribution in [2.24, 2.45) is 5.92 Å². The molecule has 1 nitrogen and oxygen atoms in total. The first-order valence-electron chi connectivity index (χ1n) is 8.55. The molecule has 0 amide bonds. The molecule has 1 heterocycles. The van der Waals surface area contributed by atoms with Gasteiger partial charge in [0.2, 0.25) is 0 Å². The molecular weight excluding hydrogens is 242 g/mol. The molecule has 2 unspecified atom stereocenters. The number of benzene rings is 1. The van der Waals surface area contributed by atoms with Crippen molar-refractivity contribution < 1.29 is 0 Å². The molecule has 2 aliphatic rings. The molecule has 0 aromatic heterocycles. The van der Waals surface area contributed by atoms with E-state index in [9.17, 15) is 0 Å². The number of fused-ring (bicyclic) bond motifs is 1. The minimum absolute atomic E-state index is 0.614. The largest absolute Gasteiger partial charge is 0.307 e. The quantitative estimate of drug-likeness (QED) is 0.811. The van der Waals surface area contributed by atoms with Crippen LogP contribution >= 0.6 is 0 Å². The third-order valence-electron chi connectivity index (χ3n) is 5.47. The van der Waals surface area contributed by atoms with Crippen LogP contribution in [-0.2, 0) is 6.42 Å².